The standard InChI is InChI=1S/C20H26ClN3O3/c21-16-8-6-15(7-9-16)18-14-20(27-23-18)10-12-24(13-11-20)26-19(25)22-17-4-2-1-3-5-17/h6-9,14,17,23H,1-5,10-13H2,(H,22,25). The Morgan fingerprint density at radius 3 is 2.59 bits per heavy atom. The molecule has 1 saturated carbocycles. The highest BCUT2D eigenvalue weighted by atomic mass is 35.5. The normalized spacial score (nSPS) is 22.9. The summed E-state index contributed by atoms with van der Waals surface area (Å²) >= 11 is 5.96. The summed E-state index contributed by atoms with van der Waals surface area (Å²) in [7, 11) is 0. The number of halogens is 1. The fraction of sp³-hybridized carbons (Fsp3) is 0.550. The van der Waals surface area contributed by atoms with Crippen molar-refractivity contribution in [3.05, 3.63) is 40.9 Å². The van der Waals surface area contributed by atoms with Gasteiger partial charge in [0, 0.05) is 24.2 Å². The zero-order valence-electron chi connectivity index (χ0n) is 15.4. The minimum atomic E-state index is -0.353. The Morgan fingerprint density at radius 1 is 1.19 bits per heavy atom. The van der Waals surface area contributed by atoms with Crippen LogP contribution in [0.2, 0.25) is 5.02 Å². The van der Waals surface area contributed by atoms with Gasteiger partial charge in [-0.25, -0.2) is 4.79 Å². The van der Waals surface area contributed by atoms with Gasteiger partial charge in [0.05, 0.1) is 5.70 Å². The SMILES string of the molecule is O=C(NC1CCCCC1)ON1CCC2(C=C(c3ccc(Cl)cc3)NO2)CC1. The quantitative estimate of drug-likeness (QED) is 0.814. The molecular formula is C20H26ClN3O3. The summed E-state index contributed by atoms with van der Waals surface area (Å²) in [6.45, 7) is 1.29. The third-order valence-electron chi connectivity index (χ3n) is 5.63. The zero-order chi connectivity index (χ0) is 18.7. The van der Waals surface area contributed by atoms with Gasteiger partial charge < -0.3 is 10.2 Å². The molecule has 7 heteroatoms. The predicted molar refractivity (Wildman–Crippen MR) is 104 cm³/mol. The molecule has 1 saturated heterocycles. The molecule has 2 fully saturated rings. The topological polar surface area (TPSA) is 62.8 Å². The molecule has 2 N–H and O–H groups in total. The zero-order valence-corrected chi connectivity index (χ0v) is 16.1. The van der Waals surface area contributed by atoms with E-state index in [4.69, 9.17) is 21.3 Å². The van der Waals surface area contributed by atoms with Crippen LogP contribution in [-0.4, -0.2) is 35.9 Å². The van der Waals surface area contributed by atoms with E-state index in [1.165, 1.54) is 19.3 Å². The van der Waals surface area contributed by atoms with E-state index in [0.717, 1.165) is 36.9 Å². The number of rotatable bonds is 3. The van der Waals surface area contributed by atoms with E-state index < -0.39 is 0 Å². The fourth-order valence-corrected chi connectivity index (χ4v) is 4.14. The fourth-order valence-electron chi connectivity index (χ4n) is 4.01. The first kappa shape index (κ1) is 18.6. The Bertz CT molecular complexity index is 693. The molecule has 0 aromatic heterocycles. The molecule has 1 aromatic rings. The number of carbonyl (C=O) groups is 1. The lowest BCUT2D eigenvalue weighted by molar-refractivity contribution is -0.157. The Hall–Kier alpha value is -1.76. The van der Waals surface area contributed by atoms with Crippen LogP contribution in [0.4, 0.5) is 4.79 Å². The van der Waals surface area contributed by atoms with Crippen LogP contribution in [0.3, 0.4) is 0 Å². The molecule has 2 heterocycles. The van der Waals surface area contributed by atoms with Crippen molar-refractivity contribution in [3.8, 4) is 0 Å². The smallest absolute Gasteiger partial charge is 0.351 e. The van der Waals surface area contributed by atoms with Crippen LogP contribution in [0, 0.1) is 0 Å². The number of piperidine rings is 1. The summed E-state index contributed by atoms with van der Waals surface area (Å²) in [6, 6.07) is 7.93. The molecule has 3 aliphatic rings. The maximum atomic E-state index is 12.1. The first-order valence-corrected chi connectivity index (χ1v) is 10.2. The number of hydrogen-bond acceptors (Lipinski definition) is 5. The average Bonchev–Trinajstić information content (AvgIpc) is 3.09. The number of carbonyl (C=O) groups excluding carboxylic acids is 1. The van der Waals surface area contributed by atoms with Crippen molar-refractivity contribution < 1.29 is 14.5 Å². The van der Waals surface area contributed by atoms with E-state index in [0.29, 0.717) is 18.1 Å². The van der Waals surface area contributed by atoms with Crippen molar-refractivity contribution in [2.45, 2.75) is 56.6 Å². The Morgan fingerprint density at radius 2 is 1.89 bits per heavy atom. The maximum Gasteiger partial charge on any atom is 0.426 e. The summed E-state index contributed by atoms with van der Waals surface area (Å²) in [4.78, 5) is 23.5. The average molecular weight is 392 g/mol. The molecule has 2 aliphatic heterocycles. The summed E-state index contributed by atoms with van der Waals surface area (Å²) in [5, 5.41) is 5.44. The van der Waals surface area contributed by atoms with E-state index >= 15 is 0 Å². The van der Waals surface area contributed by atoms with Crippen LogP contribution in [0.1, 0.15) is 50.5 Å². The molecule has 0 unspecified atom stereocenters. The number of amides is 1. The summed E-state index contributed by atoms with van der Waals surface area (Å²) < 4.78 is 0. The summed E-state index contributed by atoms with van der Waals surface area (Å²) in [6.07, 6.45) is 9.05. The van der Waals surface area contributed by atoms with E-state index in [9.17, 15) is 4.79 Å². The van der Waals surface area contributed by atoms with Gasteiger partial charge in [-0.15, -0.1) is 5.06 Å². The van der Waals surface area contributed by atoms with Gasteiger partial charge in [0.1, 0.15) is 5.60 Å². The second-order valence-corrected chi connectivity index (χ2v) is 8.06. The van der Waals surface area contributed by atoms with Crippen LogP contribution in [0.5, 0.6) is 0 Å². The number of hydroxylamine groups is 3. The van der Waals surface area contributed by atoms with Gasteiger partial charge in [-0.2, -0.15) is 0 Å². The third-order valence-corrected chi connectivity index (χ3v) is 5.89. The first-order chi connectivity index (χ1) is 13.1. The largest absolute Gasteiger partial charge is 0.426 e. The van der Waals surface area contributed by atoms with Gasteiger partial charge in [0.2, 0.25) is 0 Å². The van der Waals surface area contributed by atoms with Gasteiger partial charge in [-0.3, -0.25) is 10.3 Å². The lowest BCUT2D eigenvalue weighted by Crippen LogP contribution is -2.47. The molecule has 27 heavy (non-hydrogen) atoms. The van der Waals surface area contributed by atoms with Crippen LogP contribution >= 0.6 is 11.6 Å². The van der Waals surface area contributed by atoms with E-state index in [1.807, 2.05) is 24.3 Å². The second-order valence-electron chi connectivity index (χ2n) is 7.62. The van der Waals surface area contributed by atoms with Gasteiger partial charge in [-0.05, 0) is 49.5 Å². The summed E-state index contributed by atoms with van der Waals surface area (Å²) in [5.74, 6) is 0. The minimum Gasteiger partial charge on any atom is -0.351 e. The van der Waals surface area contributed by atoms with Crippen molar-refractivity contribution in [1.29, 1.82) is 0 Å². The summed E-state index contributed by atoms with van der Waals surface area (Å²) in [5.41, 5.74) is 4.69. The van der Waals surface area contributed by atoms with Gasteiger partial charge in [0.15, 0.2) is 0 Å². The predicted octanol–water partition coefficient (Wildman–Crippen LogP) is 4.02. The van der Waals surface area contributed by atoms with Crippen molar-refractivity contribution in [1.82, 2.24) is 15.9 Å². The number of nitrogens with zero attached hydrogens (tertiary/aromatic N) is 1. The van der Waals surface area contributed by atoms with E-state index in [2.05, 4.69) is 16.9 Å². The van der Waals surface area contributed by atoms with E-state index in [1.54, 1.807) is 5.06 Å². The van der Waals surface area contributed by atoms with Crippen LogP contribution in [0.25, 0.3) is 5.70 Å². The molecular weight excluding hydrogens is 366 g/mol. The lowest BCUT2D eigenvalue weighted by atomic mass is 9.91. The molecule has 1 aromatic carbocycles. The molecule has 1 amide bonds. The molecule has 4 rings (SSSR count). The highest BCUT2D eigenvalue weighted by Crippen LogP contribution is 2.35. The van der Waals surface area contributed by atoms with Crippen LogP contribution < -0.4 is 10.8 Å². The monoisotopic (exact) mass is 391 g/mol. The number of nitrogens with one attached hydrogen (secondary N) is 2. The maximum absolute atomic E-state index is 12.1. The molecule has 0 bridgehead atoms. The van der Waals surface area contributed by atoms with Crippen molar-refractivity contribution in [3.63, 3.8) is 0 Å². The van der Waals surface area contributed by atoms with Crippen LogP contribution in [0.15, 0.2) is 30.3 Å². The van der Waals surface area contributed by atoms with Crippen LogP contribution in [-0.2, 0) is 9.68 Å². The third kappa shape index (κ3) is 4.57. The molecule has 6 nitrogen and oxygen atoms in total. The van der Waals surface area contributed by atoms with Gasteiger partial charge in [0.25, 0.3) is 0 Å². The molecule has 0 radical (unpaired) electrons. The Balaban J connectivity index is 1.28. The van der Waals surface area contributed by atoms with Crippen molar-refractivity contribution in [2.75, 3.05) is 13.1 Å². The lowest BCUT2D eigenvalue weighted by Gasteiger charge is -2.35. The van der Waals surface area contributed by atoms with E-state index in [-0.39, 0.29) is 17.7 Å². The second kappa shape index (κ2) is 8.09. The highest BCUT2D eigenvalue weighted by molar-refractivity contribution is 6.30. The highest BCUT2D eigenvalue weighted by Gasteiger charge is 2.39. The molecule has 1 spiro atoms. The van der Waals surface area contributed by atoms with Crippen molar-refractivity contribution in [2.24, 2.45) is 0 Å². The molecule has 1 aliphatic carbocycles. The Kier molecular flexibility index (Phi) is 5.57. The molecule has 146 valence electrons. The van der Waals surface area contributed by atoms with Crippen molar-refractivity contribution >= 4 is 23.4 Å². The minimum absolute atomic E-state index is 0.259. The van der Waals surface area contributed by atoms with Gasteiger partial charge >= 0.3 is 6.09 Å². The molecule has 0 atom stereocenters. The Labute approximate surface area is 164 Å². The number of hydrogen-bond donors (Lipinski definition) is 2. The first-order valence-electron chi connectivity index (χ1n) is 9.78. The van der Waals surface area contributed by atoms with Gasteiger partial charge in [-0.1, -0.05) is 43.0 Å². The number of benzene rings is 1.